The van der Waals surface area contributed by atoms with Crippen LogP contribution >= 0.6 is 11.6 Å². The number of nitrogens with one attached hydrogen (secondary N) is 1. The van der Waals surface area contributed by atoms with Gasteiger partial charge in [-0.1, -0.05) is 11.6 Å². The zero-order valence-corrected chi connectivity index (χ0v) is 9.54. The molecule has 0 aromatic carbocycles. The summed E-state index contributed by atoms with van der Waals surface area (Å²) < 4.78 is 0. The first-order valence-electron chi connectivity index (χ1n) is 5.02. The van der Waals surface area contributed by atoms with E-state index in [1.165, 1.54) is 0 Å². The molecule has 0 spiro atoms. The van der Waals surface area contributed by atoms with Crippen LogP contribution in [-0.4, -0.2) is 27.4 Å². The molecule has 1 saturated carbocycles. The van der Waals surface area contributed by atoms with E-state index in [1.54, 1.807) is 0 Å². The van der Waals surface area contributed by atoms with Crippen LogP contribution in [0.4, 0.5) is 5.82 Å². The number of aromatic nitrogens is 2. The third-order valence-corrected chi connectivity index (χ3v) is 3.28. The van der Waals surface area contributed by atoms with E-state index in [4.69, 9.17) is 16.7 Å². The van der Waals surface area contributed by atoms with Crippen molar-refractivity contribution >= 4 is 17.4 Å². The third kappa shape index (κ3) is 2.06. The molecular formula is C10H14ClN3O. The van der Waals surface area contributed by atoms with Crippen molar-refractivity contribution in [3.63, 3.8) is 0 Å². The lowest BCUT2D eigenvalue weighted by molar-refractivity contribution is 0.0835. The summed E-state index contributed by atoms with van der Waals surface area (Å²) in [5, 5.41) is 20.7. The summed E-state index contributed by atoms with van der Waals surface area (Å²) in [5.41, 5.74) is 1.98. The molecule has 2 N–H and O–H groups in total. The van der Waals surface area contributed by atoms with E-state index in [0.29, 0.717) is 11.2 Å². The molecule has 0 amide bonds. The molecule has 0 atom stereocenters. The highest BCUT2D eigenvalue weighted by atomic mass is 35.5. The summed E-state index contributed by atoms with van der Waals surface area (Å²) in [6, 6.07) is 0.313. The number of aliphatic hydroxyl groups is 1. The Morgan fingerprint density at radius 1 is 1.27 bits per heavy atom. The van der Waals surface area contributed by atoms with Crippen molar-refractivity contribution in [1.29, 1.82) is 0 Å². The molecule has 0 unspecified atom stereocenters. The van der Waals surface area contributed by atoms with Crippen LogP contribution in [0.1, 0.15) is 24.0 Å². The Morgan fingerprint density at radius 3 is 2.53 bits per heavy atom. The van der Waals surface area contributed by atoms with Crippen molar-refractivity contribution in [3.8, 4) is 0 Å². The Kier molecular flexibility index (Phi) is 2.80. The van der Waals surface area contributed by atoms with Gasteiger partial charge in [0.15, 0.2) is 11.0 Å². The lowest BCUT2D eigenvalue weighted by Crippen LogP contribution is -2.39. The number of aliphatic hydroxyl groups excluding tert-OH is 1. The molecule has 0 saturated heterocycles. The molecule has 1 aromatic heterocycles. The molecule has 1 fully saturated rings. The predicted molar refractivity (Wildman–Crippen MR) is 59.2 cm³/mol. The summed E-state index contributed by atoms with van der Waals surface area (Å²) in [4.78, 5) is 0. The van der Waals surface area contributed by atoms with E-state index in [1.807, 2.05) is 13.8 Å². The zero-order valence-electron chi connectivity index (χ0n) is 8.79. The van der Waals surface area contributed by atoms with E-state index in [2.05, 4.69) is 15.5 Å². The maximum atomic E-state index is 9.17. The Hall–Kier alpha value is -0.870. The van der Waals surface area contributed by atoms with Crippen molar-refractivity contribution in [2.75, 3.05) is 5.32 Å². The average molecular weight is 228 g/mol. The van der Waals surface area contributed by atoms with Gasteiger partial charge in [0, 0.05) is 6.04 Å². The standard InChI is InChI=1S/C10H14ClN3O/c1-5-6(2)10(14-13-9(5)11)12-7-3-8(15)4-7/h7-8,15H,3-4H2,1-2H3,(H,12,14). The molecule has 1 aliphatic rings. The fraction of sp³-hybridized carbons (Fsp3) is 0.600. The number of halogens is 1. The van der Waals surface area contributed by atoms with Crippen LogP contribution in [0.25, 0.3) is 0 Å². The monoisotopic (exact) mass is 227 g/mol. The molecule has 5 heteroatoms. The lowest BCUT2D eigenvalue weighted by atomic mass is 9.89. The summed E-state index contributed by atoms with van der Waals surface area (Å²) in [5.74, 6) is 0.772. The van der Waals surface area contributed by atoms with E-state index in [9.17, 15) is 0 Å². The highest BCUT2D eigenvalue weighted by Crippen LogP contribution is 2.26. The van der Waals surface area contributed by atoms with E-state index in [-0.39, 0.29) is 6.10 Å². The van der Waals surface area contributed by atoms with Gasteiger partial charge in [0.2, 0.25) is 0 Å². The Morgan fingerprint density at radius 2 is 1.93 bits per heavy atom. The molecule has 0 radical (unpaired) electrons. The summed E-state index contributed by atoms with van der Waals surface area (Å²) in [6.45, 7) is 3.89. The molecule has 15 heavy (non-hydrogen) atoms. The second-order valence-electron chi connectivity index (χ2n) is 4.06. The summed E-state index contributed by atoms with van der Waals surface area (Å²) >= 11 is 5.85. The van der Waals surface area contributed by atoms with Crippen molar-refractivity contribution in [2.45, 2.75) is 38.8 Å². The van der Waals surface area contributed by atoms with Gasteiger partial charge in [0.25, 0.3) is 0 Å². The fourth-order valence-electron chi connectivity index (χ4n) is 1.61. The first-order valence-corrected chi connectivity index (χ1v) is 5.39. The summed E-state index contributed by atoms with van der Waals surface area (Å²) in [7, 11) is 0. The topological polar surface area (TPSA) is 58.0 Å². The van der Waals surface area contributed by atoms with Crippen LogP contribution in [0.5, 0.6) is 0 Å². The number of anilines is 1. The van der Waals surface area contributed by atoms with Crippen LogP contribution in [-0.2, 0) is 0 Å². The molecule has 1 heterocycles. The molecule has 0 bridgehead atoms. The van der Waals surface area contributed by atoms with Gasteiger partial charge in [-0.15, -0.1) is 10.2 Å². The minimum absolute atomic E-state index is 0.163. The maximum Gasteiger partial charge on any atom is 0.155 e. The summed E-state index contributed by atoms with van der Waals surface area (Å²) in [6.07, 6.45) is 1.40. The van der Waals surface area contributed by atoms with Crippen molar-refractivity contribution < 1.29 is 5.11 Å². The van der Waals surface area contributed by atoms with Crippen LogP contribution in [0, 0.1) is 13.8 Å². The number of hydrogen-bond donors (Lipinski definition) is 2. The fourth-order valence-corrected chi connectivity index (χ4v) is 1.79. The highest BCUT2D eigenvalue weighted by Gasteiger charge is 2.27. The van der Waals surface area contributed by atoms with Crippen molar-refractivity contribution in [2.24, 2.45) is 0 Å². The first-order chi connectivity index (χ1) is 7.08. The van der Waals surface area contributed by atoms with Crippen LogP contribution < -0.4 is 5.32 Å². The second kappa shape index (κ2) is 3.94. The largest absolute Gasteiger partial charge is 0.393 e. The average Bonchev–Trinajstić information content (AvgIpc) is 2.16. The van der Waals surface area contributed by atoms with Gasteiger partial charge >= 0.3 is 0 Å². The molecule has 2 rings (SSSR count). The Bertz CT molecular complexity index is 377. The number of rotatable bonds is 2. The van der Waals surface area contributed by atoms with E-state index >= 15 is 0 Å². The van der Waals surface area contributed by atoms with Crippen LogP contribution in [0.2, 0.25) is 5.15 Å². The first kappa shape index (κ1) is 10.6. The van der Waals surface area contributed by atoms with Crippen LogP contribution in [0.3, 0.4) is 0 Å². The highest BCUT2D eigenvalue weighted by molar-refractivity contribution is 6.30. The molecule has 1 aliphatic carbocycles. The van der Waals surface area contributed by atoms with Gasteiger partial charge < -0.3 is 10.4 Å². The van der Waals surface area contributed by atoms with E-state index in [0.717, 1.165) is 29.8 Å². The zero-order chi connectivity index (χ0) is 11.0. The van der Waals surface area contributed by atoms with Crippen molar-refractivity contribution in [1.82, 2.24) is 10.2 Å². The van der Waals surface area contributed by atoms with Crippen molar-refractivity contribution in [3.05, 3.63) is 16.3 Å². The normalized spacial score (nSPS) is 24.8. The smallest absolute Gasteiger partial charge is 0.155 e. The predicted octanol–water partition coefficient (Wildman–Crippen LogP) is 1.68. The van der Waals surface area contributed by atoms with Gasteiger partial charge in [0.1, 0.15) is 0 Å². The van der Waals surface area contributed by atoms with Gasteiger partial charge in [-0.05, 0) is 37.8 Å². The molecule has 0 aliphatic heterocycles. The number of nitrogens with zero attached hydrogens (tertiary/aromatic N) is 2. The lowest BCUT2D eigenvalue weighted by Gasteiger charge is -2.32. The maximum absolute atomic E-state index is 9.17. The van der Waals surface area contributed by atoms with Gasteiger partial charge in [-0.3, -0.25) is 0 Å². The van der Waals surface area contributed by atoms with Gasteiger partial charge in [-0.25, -0.2) is 0 Å². The Balaban J connectivity index is 2.12. The SMILES string of the molecule is Cc1c(Cl)nnc(NC2CC(O)C2)c1C. The van der Waals surface area contributed by atoms with Gasteiger partial charge in [0.05, 0.1) is 6.10 Å². The molecule has 82 valence electrons. The van der Waals surface area contributed by atoms with Crippen LogP contribution in [0.15, 0.2) is 0 Å². The Labute approximate surface area is 93.7 Å². The minimum Gasteiger partial charge on any atom is -0.393 e. The quantitative estimate of drug-likeness (QED) is 0.807. The molecular weight excluding hydrogens is 214 g/mol. The third-order valence-electron chi connectivity index (χ3n) is 2.92. The minimum atomic E-state index is -0.163. The second-order valence-corrected chi connectivity index (χ2v) is 4.41. The van der Waals surface area contributed by atoms with Gasteiger partial charge in [-0.2, -0.15) is 0 Å². The molecule has 1 aromatic rings. The number of hydrogen-bond acceptors (Lipinski definition) is 4. The molecule has 4 nitrogen and oxygen atoms in total. The van der Waals surface area contributed by atoms with E-state index < -0.39 is 0 Å².